The van der Waals surface area contributed by atoms with Gasteiger partial charge in [0.1, 0.15) is 11.1 Å². The van der Waals surface area contributed by atoms with Gasteiger partial charge in [-0.25, -0.2) is 9.78 Å². The van der Waals surface area contributed by atoms with E-state index in [2.05, 4.69) is 20.2 Å². The summed E-state index contributed by atoms with van der Waals surface area (Å²) in [5.41, 5.74) is 7.71. The number of fused-ring (bicyclic) bond motifs is 3. The molecule has 0 aliphatic carbocycles. The average Bonchev–Trinajstić information content (AvgIpc) is 3.03. The predicted molar refractivity (Wildman–Crippen MR) is 103 cm³/mol. The first-order valence-electron chi connectivity index (χ1n) is 8.19. The molecule has 29 heavy (non-hydrogen) atoms. The summed E-state index contributed by atoms with van der Waals surface area (Å²) in [5.74, 6) is -1.86. The highest BCUT2D eigenvalue weighted by molar-refractivity contribution is 6.46. The molecule has 0 spiro atoms. The van der Waals surface area contributed by atoms with Crippen LogP contribution in [0.2, 0.25) is 10.0 Å². The van der Waals surface area contributed by atoms with Gasteiger partial charge in [-0.1, -0.05) is 23.2 Å². The van der Waals surface area contributed by atoms with Crippen molar-refractivity contribution in [3.63, 3.8) is 0 Å². The molecule has 4 N–H and O–H groups in total. The minimum Gasteiger partial charge on any atom is -0.475 e. The number of carboxylic acid groups (broad SMARTS) is 1. The molecule has 1 aromatic carbocycles. The summed E-state index contributed by atoms with van der Waals surface area (Å²) in [6.07, 6.45) is -5.08. The van der Waals surface area contributed by atoms with Crippen LogP contribution >= 0.6 is 23.2 Å². The third-order valence-electron chi connectivity index (χ3n) is 4.03. The maximum atomic E-state index is 10.6. The molecule has 13 heteroatoms. The highest BCUT2D eigenvalue weighted by Crippen LogP contribution is 2.39. The van der Waals surface area contributed by atoms with Crippen LogP contribution in [0.5, 0.6) is 0 Å². The van der Waals surface area contributed by atoms with E-state index in [0.717, 1.165) is 26.2 Å². The van der Waals surface area contributed by atoms with Gasteiger partial charge in [0.05, 0.1) is 15.4 Å². The fraction of sp³-hybridized carbons (Fsp3) is 0.312. The standard InChI is InChI=1S/C14H13Cl2N5O.C2HF3O2/c15-7-1-2-8-9(10(7)16)11-12(22-8)13(20-14(17)19-11)21-5-3-18-4-6-21;3-2(4,5)1(6)7/h1-2,18H,3-6H2,(H2,17,19,20);(H,6,7). The van der Waals surface area contributed by atoms with Gasteiger partial charge >= 0.3 is 12.1 Å². The first-order chi connectivity index (χ1) is 13.6. The summed E-state index contributed by atoms with van der Waals surface area (Å²) >= 11 is 12.4. The number of carbonyl (C=O) groups is 1. The molecule has 0 amide bonds. The number of nitrogens with zero attached hydrogens (tertiary/aromatic N) is 3. The Hall–Kier alpha value is -2.50. The summed E-state index contributed by atoms with van der Waals surface area (Å²) in [7, 11) is 0. The van der Waals surface area contributed by atoms with Crippen LogP contribution < -0.4 is 16.0 Å². The van der Waals surface area contributed by atoms with Crippen LogP contribution in [0.1, 0.15) is 0 Å². The van der Waals surface area contributed by atoms with E-state index in [4.69, 9.17) is 43.3 Å². The third-order valence-corrected chi connectivity index (χ3v) is 4.83. The number of alkyl halides is 3. The summed E-state index contributed by atoms with van der Waals surface area (Å²) < 4.78 is 37.7. The van der Waals surface area contributed by atoms with Gasteiger partial charge in [0.2, 0.25) is 5.95 Å². The molecule has 8 nitrogen and oxygen atoms in total. The van der Waals surface area contributed by atoms with Crippen molar-refractivity contribution in [1.29, 1.82) is 0 Å². The Labute approximate surface area is 171 Å². The number of carboxylic acids is 1. The Balaban J connectivity index is 0.000000298. The largest absolute Gasteiger partial charge is 0.490 e. The van der Waals surface area contributed by atoms with Crippen LogP contribution in [-0.2, 0) is 4.79 Å². The molecule has 0 radical (unpaired) electrons. The van der Waals surface area contributed by atoms with E-state index < -0.39 is 12.1 Å². The van der Waals surface area contributed by atoms with Crippen molar-refractivity contribution in [2.24, 2.45) is 0 Å². The van der Waals surface area contributed by atoms with E-state index in [1.165, 1.54) is 0 Å². The van der Waals surface area contributed by atoms with Gasteiger partial charge in [0.15, 0.2) is 11.4 Å². The lowest BCUT2D eigenvalue weighted by atomic mass is 10.2. The summed E-state index contributed by atoms with van der Waals surface area (Å²) in [5, 5.41) is 12.0. The lowest BCUT2D eigenvalue weighted by Crippen LogP contribution is -2.44. The number of rotatable bonds is 1. The molecule has 0 saturated carbocycles. The van der Waals surface area contributed by atoms with Crippen LogP contribution in [0.15, 0.2) is 16.5 Å². The summed E-state index contributed by atoms with van der Waals surface area (Å²) in [6, 6.07) is 3.48. The van der Waals surface area contributed by atoms with Crippen molar-refractivity contribution in [2.45, 2.75) is 6.18 Å². The van der Waals surface area contributed by atoms with E-state index in [1.54, 1.807) is 12.1 Å². The molecule has 0 unspecified atom stereocenters. The number of hydrogen-bond acceptors (Lipinski definition) is 7. The minimum atomic E-state index is -5.08. The lowest BCUT2D eigenvalue weighted by Gasteiger charge is -2.28. The second-order valence-corrected chi connectivity index (χ2v) is 6.74. The normalized spacial score (nSPS) is 14.7. The maximum Gasteiger partial charge on any atom is 0.490 e. The van der Waals surface area contributed by atoms with Crippen LogP contribution in [-0.4, -0.2) is 53.4 Å². The summed E-state index contributed by atoms with van der Waals surface area (Å²) in [6.45, 7) is 3.44. The van der Waals surface area contributed by atoms with E-state index >= 15 is 0 Å². The number of aliphatic carboxylic acids is 1. The Bertz CT molecular complexity index is 1070. The van der Waals surface area contributed by atoms with Crippen LogP contribution in [0, 0.1) is 0 Å². The van der Waals surface area contributed by atoms with E-state index in [9.17, 15) is 13.2 Å². The van der Waals surface area contributed by atoms with Crippen LogP contribution in [0.25, 0.3) is 22.1 Å². The SMILES string of the molecule is Nc1nc(N2CCNCC2)c2oc3ccc(Cl)c(Cl)c3c2n1.O=C(O)C(F)(F)F. The molecule has 1 aliphatic rings. The first kappa shape index (κ1) is 21.2. The molecule has 3 aromatic rings. The predicted octanol–water partition coefficient (Wildman–Crippen LogP) is 3.31. The Morgan fingerprint density at radius 2 is 1.86 bits per heavy atom. The molecular weight excluding hydrogens is 438 g/mol. The topological polar surface area (TPSA) is 118 Å². The number of anilines is 2. The quantitative estimate of drug-likeness (QED) is 0.515. The fourth-order valence-corrected chi connectivity index (χ4v) is 3.16. The number of benzene rings is 1. The smallest absolute Gasteiger partial charge is 0.475 e. The highest BCUT2D eigenvalue weighted by Gasteiger charge is 2.38. The van der Waals surface area contributed by atoms with Gasteiger partial charge in [-0.05, 0) is 12.1 Å². The molecule has 2 aromatic heterocycles. The van der Waals surface area contributed by atoms with Gasteiger partial charge in [0, 0.05) is 26.2 Å². The van der Waals surface area contributed by atoms with Gasteiger partial charge in [0.25, 0.3) is 0 Å². The number of piperazine rings is 1. The van der Waals surface area contributed by atoms with E-state index in [0.29, 0.717) is 37.9 Å². The third kappa shape index (κ3) is 4.41. The zero-order chi connectivity index (χ0) is 21.3. The van der Waals surface area contributed by atoms with Gasteiger partial charge in [-0.2, -0.15) is 18.2 Å². The molecule has 0 bridgehead atoms. The zero-order valence-electron chi connectivity index (χ0n) is 14.6. The Morgan fingerprint density at radius 3 is 2.45 bits per heavy atom. The van der Waals surface area contributed by atoms with Crippen LogP contribution in [0.4, 0.5) is 24.9 Å². The van der Waals surface area contributed by atoms with Crippen molar-refractivity contribution in [3.8, 4) is 0 Å². The van der Waals surface area contributed by atoms with E-state index in [-0.39, 0.29) is 5.95 Å². The number of nitrogen functional groups attached to an aromatic ring is 1. The molecule has 3 heterocycles. The molecule has 1 saturated heterocycles. The van der Waals surface area contributed by atoms with Gasteiger partial charge < -0.3 is 25.5 Å². The molecule has 0 atom stereocenters. The van der Waals surface area contributed by atoms with Gasteiger partial charge in [-0.15, -0.1) is 0 Å². The number of hydrogen-bond donors (Lipinski definition) is 3. The number of nitrogens with two attached hydrogens (primary N) is 1. The zero-order valence-corrected chi connectivity index (χ0v) is 16.1. The molecule has 156 valence electrons. The first-order valence-corrected chi connectivity index (χ1v) is 8.94. The minimum absolute atomic E-state index is 0.194. The number of halogens is 5. The highest BCUT2D eigenvalue weighted by atomic mass is 35.5. The number of aromatic nitrogens is 2. The Kier molecular flexibility index (Phi) is 5.92. The van der Waals surface area contributed by atoms with Crippen molar-refractivity contribution in [2.75, 3.05) is 36.8 Å². The second kappa shape index (κ2) is 8.09. The van der Waals surface area contributed by atoms with Crippen molar-refractivity contribution < 1.29 is 27.5 Å². The molecular formula is C16H14Cl2F3N5O3. The lowest BCUT2D eigenvalue weighted by molar-refractivity contribution is -0.192. The monoisotopic (exact) mass is 451 g/mol. The number of nitrogens with one attached hydrogen (secondary N) is 1. The van der Waals surface area contributed by atoms with Crippen molar-refractivity contribution >= 4 is 63.0 Å². The Morgan fingerprint density at radius 1 is 1.24 bits per heavy atom. The number of furan rings is 1. The molecule has 4 rings (SSSR count). The van der Waals surface area contributed by atoms with Crippen molar-refractivity contribution in [1.82, 2.24) is 15.3 Å². The second-order valence-electron chi connectivity index (χ2n) is 5.96. The van der Waals surface area contributed by atoms with Crippen LogP contribution in [0.3, 0.4) is 0 Å². The van der Waals surface area contributed by atoms with Gasteiger partial charge in [-0.3, -0.25) is 0 Å². The molecule has 1 fully saturated rings. The summed E-state index contributed by atoms with van der Waals surface area (Å²) in [4.78, 5) is 19.7. The fourth-order valence-electron chi connectivity index (χ4n) is 2.76. The molecule has 1 aliphatic heterocycles. The van der Waals surface area contributed by atoms with E-state index in [1.807, 2.05) is 0 Å². The average molecular weight is 452 g/mol. The van der Waals surface area contributed by atoms with Crippen molar-refractivity contribution in [3.05, 3.63) is 22.2 Å². The maximum absolute atomic E-state index is 10.6.